The standard InChI is InChI=1S/C11H12N2O5.C11H14N2O3/c14-11(15)8-5-9(7-10(6-8)13(16)17)12-1-3-18-4-2-12;12-9-5-8(11(14)15)6-10(7-9)13-1-3-16-4-2-13/h5-7H,1-4H2,(H,14,15);5-7H,1-4,12H2,(H,14,15). The molecule has 0 aromatic heterocycles. The Kier molecular flexibility index (Phi) is 8.22. The number of nitro benzene ring substituents is 1. The fourth-order valence-electron chi connectivity index (χ4n) is 3.59. The van der Waals surface area contributed by atoms with E-state index in [1.165, 1.54) is 18.2 Å². The summed E-state index contributed by atoms with van der Waals surface area (Å²) in [6.07, 6.45) is 0. The Labute approximate surface area is 195 Å². The van der Waals surface area contributed by atoms with E-state index < -0.39 is 16.9 Å². The number of carbonyl (C=O) groups is 2. The molecule has 2 fully saturated rings. The molecule has 0 atom stereocenters. The second-order valence-electron chi connectivity index (χ2n) is 7.62. The Morgan fingerprint density at radius 2 is 1.24 bits per heavy atom. The van der Waals surface area contributed by atoms with Crippen LogP contribution in [0.3, 0.4) is 0 Å². The van der Waals surface area contributed by atoms with Gasteiger partial charge in [-0.2, -0.15) is 0 Å². The van der Waals surface area contributed by atoms with E-state index in [1.807, 2.05) is 4.90 Å². The molecule has 2 aliphatic rings. The maximum absolute atomic E-state index is 10.9. The van der Waals surface area contributed by atoms with Crippen molar-refractivity contribution in [3.63, 3.8) is 0 Å². The van der Waals surface area contributed by atoms with Crippen molar-refractivity contribution in [2.24, 2.45) is 0 Å². The fraction of sp³-hybridized carbons (Fsp3) is 0.364. The van der Waals surface area contributed by atoms with Crippen molar-refractivity contribution in [3.05, 3.63) is 57.6 Å². The third-order valence-corrected chi connectivity index (χ3v) is 5.30. The molecule has 0 bridgehead atoms. The number of hydrogen-bond donors (Lipinski definition) is 3. The molecule has 12 nitrogen and oxygen atoms in total. The van der Waals surface area contributed by atoms with Gasteiger partial charge in [-0.05, 0) is 24.3 Å². The molecule has 0 spiro atoms. The van der Waals surface area contributed by atoms with Crippen molar-refractivity contribution < 1.29 is 34.2 Å². The lowest BCUT2D eigenvalue weighted by Gasteiger charge is -2.29. The van der Waals surface area contributed by atoms with Crippen LogP contribution in [0.1, 0.15) is 20.7 Å². The number of hydrogen-bond acceptors (Lipinski definition) is 9. The van der Waals surface area contributed by atoms with E-state index >= 15 is 0 Å². The van der Waals surface area contributed by atoms with Gasteiger partial charge in [0.05, 0.1) is 42.5 Å². The van der Waals surface area contributed by atoms with Crippen molar-refractivity contribution in [3.8, 4) is 0 Å². The number of nitrogen functional groups attached to an aromatic ring is 1. The van der Waals surface area contributed by atoms with Crippen LogP contribution in [-0.4, -0.2) is 79.7 Å². The minimum Gasteiger partial charge on any atom is -0.478 e. The second kappa shape index (κ2) is 11.3. The molecular weight excluding hydrogens is 448 g/mol. The van der Waals surface area contributed by atoms with Gasteiger partial charge in [0.25, 0.3) is 5.69 Å². The van der Waals surface area contributed by atoms with Crippen LogP contribution < -0.4 is 15.5 Å². The third kappa shape index (κ3) is 6.56. The van der Waals surface area contributed by atoms with E-state index in [1.54, 1.807) is 12.1 Å². The Hall–Kier alpha value is -3.90. The Balaban J connectivity index is 0.000000192. The zero-order chi connectivity index (χ0) is 24.7. The van der Waals surface area contributed by atoms with Crippen LogP contribution in [0, 0.1) is 10.1 Å². The topological polar surface area (TPSA) is 169 Å². The van der Waals surface area contributed by atoms with Crippen LogP contribution in [0.5, 0.6) is 0 Å². The van der Waals surface area contributed by atoms with E-state index in [0.29, 0.717) is 50.9 Å². The first-order valence-electron chi connectivity index (χ1n) is 10.6. The van der Waals surface area contributed by atoms with E-state index in [9.17, 15) is 19.7 Å². The van der Waals surface area contributed by atoms with Gasteiger partial charge in [0.2, 0.25) is 0 Å². The number of rotatable bonds is 5. The predicted octanol–water partition coefficient (Wildman–Crippen LogP) is 1.93. The minimum atomic E-state index is -1.17. The highest BCUT2D eigenvalue weighted by molar-refractivity contribution is 5.90. The summed E-state index contributed by atoms with van der Waals surface area (Å²) >= 11 is 0. The highest BCUT2D eigenvalue weighted by Gasteiger charge is 2.19. The summed E-state index contributed by atoms with van der Waals surface area (Å²) in [7, 11) is 0. The molecule has 4 rings (SSSR count). The number of ether oxygens (including phenoxy) is 2. The first-order chi connectivity index (χ1) is 16.2. The average molecular weight is 474 g/mol. The van der Waals surface area contributed by atoms with E-state index in [4.69, 9.17) is 25.4 Å². The molecule has 2 aromatic carbocycles. The molecule has 0 unspecified atom stereocenters. The van der Waals surface area contributed by atoms with E-state index in [0.717, 1.165) is 24.8 Å². The first-order valence-corrected chi connectivity index (χ1v) is 10.6. The molecule has 12 heteroatoms. The molecule has 2 saturated heterocycles. The van der Waals surface area contributed by atoms with Crippen LogP contribution in [0.2, 0.25) is 0 Å². The molecule has 0 aliphatic carbocycles. The van der Waals surface area contributed by atoms with Crippen LogP contribution in [0.15, 0.2) is 36.4 Å². The Bertz CT molecular complexity index is 1020. The number of nitro groups is 1. The van der Waals surface area contributed by atoms with Crippen molar-refractivity contribution in [1.29, 1.82) is 0 Å². The second-order valence-corrected chi connectivity index (χ2v) is 7.62. The number of nitrogens with two attached hydrogens (primary N) is 1. The van der Waals surface area contributed by atoms with Crippen LogP contribution in [0.4, 0.5) is 22.7 Å². The molecule has 182 valence electrons. The molecule has 2 aliphatic heterocycles. The minimum absolute atomic E-state index is 0.0781. The summed E-state index contributed by atoms with van der Waals surface area (Å²) < 4.78 is 10.4. The molecule has 4 N–H and O–H groups in total. The number of carboxylic acids is 2. The Morgan fingerprint density at radius 1 is 0.794 bits per heavy atom. The number of nitrogens with zero attached hydrogens (tertiary/aromatic N) is 3. The average Bonchev–Trinajstić information content (AvgIpc) is 2.84. The van der Waals surface area contributed by atoms with Gasteiger partial charge in [-0.1, -0.05) is 0 Å². The lowest BCUT2D eigenvalue weighted by molar-refractivity contribution is -0.384. The molecule has 2 aromatic rings. The highest BCUT2D eigenvalue weighted by atomic mass is 16.6. The van der Waals surface area contributed by atoms with Crippen LogP contribution in [-0.2, 0) is 9.47 Å². The number of aromatic carboxylic acids is 2. The zero-order valence-electron chi connectivity index (χ0n) is 18.4. The van der Waals surface area contributed by atoms with Gasteiger partial charge < -0.3 is 35.2 Å². The highest BCUT2D eigenvalue weighted by Crippen LogP contribution is 2.25. The third-order valence-electron chi connectivity index (χ3n) is 5.30. The summed E-state index contributed by atoms with van der Waals surface area (Å²) in [6, 6.07) is 8.79. The number of morpholine rings is 2. The quantitative estimate of drug-likeness (QED) is 0.329. The monoisotopic (exact) mass is 474 g/mol. The van der Waals surface area contributed by atoms with Crippen molar-refractivity contribution >= 4 is 34.7 Å². The molecular formula is C22H26N4O8. The number of non-ortho nitro benzene ring substituents is 1. The predicted molar refractivity (Wildman–Crippen MR) is 124 cm³/mol. The molecule has 0 amide bonds. The van der Waals surface area contributed by atoms with E-state index in [-0.39, 0.29) is 16.8 Å². The van der Waals surface area contributed by atoms with Gasteiger partial charge >= 0.3 is 11.9 Å². The maximum Gasteiger partial charge on any atom is 0.336 e. The molecule has 0 saturated carbocycles. The van der Waals surface area contributed by atoms with Gasteiger partial charge in [-0.25, -0.2) is 9.59 Å². The smallest absolute Gasteiger partial charge is 0.336 e. The Morgan fingerprint density at radius 3 is 1.68 bits per heavy atom. The normalized spacial score (nSPS) is 15.8. The maximum atomic E-state index is 10.9. The van der Waals surface area contributed by atoms with Gasteiger partial charge in [-0.15, -0.1) is 0 Å². The fourth-order valence-corrected chi connectivity index (χ4v) is 3.59. The summed E-state index contributed by atoms with van der Waals surface area (Å²) in [5.74, 6) is -2.13. The number of anilines is 3. The van der Waals surface area contributed by atoms with Crippen molar-refractivity contribution in [1.82, 2.24) is 0 Å². The molecule has 0 radical (unpaired) electrons. The zero-order valence-corrected chi connectivity index (χ0v) is 18.4. The van der Waals surface area contributed by atoms with Crippen molar-refractivity contribution in [2.75, 3.05) is 68.1 Å². The number of carboxylic acid groups (broad SMARTS) is 2. The van der Waals surface area contributed by atoms with Crippen molar-refractivity contribution in [2.45, 2.75) is 0 Å². The van der Waals surface area contributed by atoms with Gasteiger partial charge in [0, 0.05) is 55.4 Å². The SMILES string of the molecule is Nc1cc(C(=O)O)cc(N2CCOCC2)c1.O=C(O)c1cc(N2CCOCC2)cc([N+](=O)[O-])c1. The van der Waals surface area contributed by atoms with Crippen LogP contribution in [0.25, 0.3) is 0 Å². The van der Waals surface area contributed by atoms with Gasteiger partial charge in [0.1, 0.15) is 0 Å². The van der Waals surface area contributed by atoms with Crippen LogP contribution >= 0.6 is 0 Å². The summed E-state index contributed by atoms with van der Waals surface area (Å²) in [6.45, 7) is 5.12. The lowest BCUT2D eigenvalue weighted by Crippen LogP contribution is -2.36. The molecule has 34 heavy (non-hydrogen) atoms. The molecule has 2 heterocycles. The lowest BCUT2D eigenvalue weighted by atomic mass is 10.1. The van der Waals surface area contributed by atoms with Gasteiger partial charge in [0.15, 0.2) is 0 Å². The summed E-state index contributed by atoms with van der Waals surface area (Å²) in [5, 5.41) is 28.7. The number of benzene rings is 2. The first kappa shape index (κ1) is 24.7. The van der Waals surface area contributed by atoms with Gasteiger partial charge in [-0.3, -0.25) is 10.1 Å². The summed E-state index contributed by atoms with van der Waals surface area (Å²) in [5.41, 5.74) is 7.48. The largest absolute Gasteiger partial charge is 0.478 e. The van der Waals surface area contributed by atoms with E-state index in [2.05, 4.69) is 4.90 Å². The summed E-state index contributed by atoms with van der Waals surface area (Å²) in [4.78, 5) is 36.0.